The number of ketones is 1. The topological polar surface area (TPSA) is 109 Å². The molecule has 0 aromatic heterocycles. The van der Waals surface area contributed by atoms with Crippen molar-refractivity contribution in [1.29, 1.82) is 0 Å². The van der Waals surface area contributed by atoms with E-state index in [1.807, 2.05) is 0 Å². The highest BCUT2D eigenvalue weighted by Gasteiger charge is 2.16. The molecule has 0 saturated heterocycles. The molecule has 4 N–H and O–H groups in total. The van der Waals surface area contributed by atoms with Crippen LogP contribution in [0.2, 0.25) is 0 Å². The number of Topliss-reactive ketones (excluding diaryl/α,β-unsaturated/α-hetero) is 1. The molecule has 0 aliphatic carbocycles. The number of amides is 1. The van der Waals surface area contributed by atoms with E-state index in [9.17, 15) is 18.8 Å². The van der Waals surface area contributed by atoms with E-state index in [1.54, 1.807) is 62.4 Å². The van der Waals surface area contributed by atoms with Crippen LogP contribution in [0.4, 0.5) is 10.1 Å². The quantitative estimate of drug-likeness (QED) is 0.431. The molecule has 0 spiro atoms. The summed E-state index contributed by atoms with van der Waals surface area (Å²) in [6, 6.07) is 16.1. The Bertz CT molecular complexity index is 1240. The lowest BCUT2D eigenvalue weighted by molar-refractivity contribution is -0.136. The van der Waals surface area contributed by atoms with Gasteiger partial charge in [0.25, 0.3) is 5.91 Å². The first kappa shape index (κ1) is 24.8. The number of para-hydroxylation sites is 1. The highest BCUT2D eigenvalue weighted by Crippen LogP contribution is 2.27. The number of anilines is 1. The van der Waals surface area contributed by atoms with Gasteiger partial charge in [0.15, 0.2) is 0 Å². The number of nitrogens with two attached hydrogens (primary N) is 1. The van der Waals surface area contributed by atoms with Crippen LogP contribution in [0.3, 0.4) is 0 Å². The van der Waals surface area contributed by atoms with E-state index in [0.717, 1.165) is 0 Å². The van der Waals surface area contributed by atoms with Gasteiger partial charge in [-0.3, -0.25) is 14.4 Å². The van der Waals surface area contributed by atoms with Crippen LogP contribution in [0.1, 0.15) is 40.9 Å². The summed E-state index contributed by atoms with van der Waals surface area (Å²) >= 11 is 0. The maximum Gasteiger partial charge on any atom is 0.307 e. The molecule has 0 heterocycles. The van der Waals surface area contributed by atoms with Crippen molar-refractivity contribution in [3.63, 3.8) is 0 Å². The Kier molecular flexibility index (Phi) is 7.91. The minimum atomic E-state index is -1.01. The molecular formula is C27H27FN2O4. The van der Waals surface area contributed by atoms with Gasteiger partial charge < -0.3 is 16.2 Å². The number of benzene rings is 3. The molecular weight excluding hydrogens is 435 g/mol. The van der Waals surface area contributed by atoms with Gasteiger partial charge in [-0.15, -0.1) is 0 Å². The van der Waals surface area contributed by atoms with E-state index >= 15 is 0 Å². The lowest BCUT2D eigenvalue weighted by Gasteiger charge is -2.14. The van der Waals surface area contributed by atoms with Gasteiger partial charge in [-0.2, -0.15) is 0 Å². The Morgan fingerprint density at radius 3 is 2.29 bits per heavy atom. The van der Waals surface area contributed by atoms with Crippen molar-refractivity contribution in [2.45, 2.75) is 33.2 Å². The fourth-order valence-electron chi connectivity index (χ4n) is 3.59. The number of rotatable bonds is 9. The van der Waals surface area contributed by atoms with E-state index in [2.05, 4.69) is 5.32 Å². The van der Waals surface area contributed by atoms with E-state index < -0.39 is 17.7 Å². The maximum atomic E-state index is 14.2. The summed E-state index contributed by atoms with van der Waals surface area (Å²) in [6.07, 6.45) is -0.115. The minimum Gasteiger partial charge on any atom is -0.481 e. The second-order valence-electron chi connectivity index (χ2n) is 8.45. The van der Waals surface area contributed by atoms with Crippen molar-refractivity contribution >= 4 is 23.3 Å². The first-order valence-electron chi connectivity index (χ1n) is 10.9. The number of hydrogen-bond donors (Lipinski definition) is 3. The second kappa shape index (κ2) is 10.9. The van der Waals surface area contributed by atoms with Crippen LogP contribution >= 0.6 is 0 Å². The molecule has 0 saturated carbocycles. The van der Waals surface area contributed by atoms with Crippen molar-refractivity contribution in [3.8, 4) is 11.1 Å². The van der Waals surface area contributed by atoms with Crippen molar-refractivity contribution in [2.24, 2.45) is 11.7 Å². The molecule has 3 aromatic rings. The van der Waals surface area contributed by atoms with E-state index in [0.29, 0.717) is 33.5 Å². The van der Waals surface area contributed by atoms with Crippen LogP contribution in [0, 0.1) is 11.7 Å². The predicted molar refractivity (Wildman–Crippen MR) is 129 cm³/mol. The molecule has 176 valence electrons. The van der Waals surface area contributed by atoms with E-state index in [4.69, 9.17) is 10.8 Å². The number of carboxylic acids is 1. The van der Waals surface area contributed by atoms with Gasteiger partial charge in [0.1, 0.15) is 11.6 Å². The number of aliphatic carboxylic acids is 1. The molecule has 3 rings (SSSR count). The zero-order valence-corrected chi connectivity index (χ0v) is 19.1. The standard InChI is InChI=1S/C27H27FN2O4/c1-16(2)25(31)11-17-7-20(21-9-18(15-29)10-23(28)13-21)12-22(8-17)27(34)30-24-6-4-3-5-19(24)14-26(32)33/h3-10,12-13,16H,11,14-15,29H2,1-2H3,(H,30,34)(H,32,33). The predicted octanol–water partition coefficient (Wildman–Crippen LogP) is 4.60. The Morgan fingerprint density at radius 2 is 1.62 bits per heavy atom. The molecule has 34 heavy (non-hydrogen) atoms. The van der Waals surface area contributed by atoms with Crippen LogP contribution in [-0.4, -0.2) is 22.8 Å². The lowest BCUT2D eigenvalue weighted by atomic mass is 9.94. The Balaban J connectivity index is 2.03. The summed E-state index contributed by atoms with van der Waals surface area (Å²) in [5.41, 5.74) is 9.16. The second-order valence-corrected chi connectivity index (χ2v) is 8.45. The van der Waals surface area contributed by atoms with Gasteiger partial charge in [-0.25, -0.2) is 4.39 Å². The summed E-state index contributed by atoms with van der Waals surface area (Å²) in [5, 5.41) is 11.9. The van der Waals surface area contributed by atoms with Crippen LogP contribution in [0.25, 0.3) is 11.1 Å². The summed E-state index contributed by atoms with van der Waals surface area (Å²) in [5.74, 6) is -2.09. The number of carbonyl (C=O) groups is 3. The van der Waals surface area contributed by atoms with Crippen molar-refractivity contribution in [3.05, 3.63) is 88.7 Å². The molecule has 7 heteroatoms. The molecule has 0 aliphatic rings. The van der Waals surface area contributed by atoms with E-state index in [-0.39, 0.29) is 36.7 Å². The van der Waals surface area contributed by atoms with Crippen LogP contribution in [0.5, 0.6) is 0 Å². The normalized spacial score (nSPS) is 10.9. The number of nitrogens with one attached hydrogen (secondary N) is 1. The molecule has 0 bridgehead atoms. The lowest BCUT2D eigenvalue weighted by Crippen LogP contribution is -2.16. The van der Waals surface area contributed by atoms with E-state index in [1.165, 1.54) is 12.1 Å². The monoisotopic (exact) mass is 462 g/mol. The summed E-state index contributed by atoms with van der Waals surface area (Å²) < 4.78 is 14.2. The zero-order valence-electron chi connectivity index (χ0n) is 19.1. The summed E-state index contributed by atoms with van der Waals surface area (Å²) in [4.78, 5) is 36.7. The van der Waals surface area contributed by atoms with Gasteiger partial charge in [0.05, 0.1) is 6.42 Å². The molecule has 3 aromatic carbocycles. The molecule has 0 unspecified atom stereocenters. The average molecular weight is 463 g/mol. The number of halogens is 1. The number of carboxylic acid groups (broad SMARTS) is 1. The third kappa shape index (κ3) is 6.36. The largest absolute Gasteiger partial charge is 0.481 e. The van der Waals surface area contributed by atoms with Crippen LogP contribution in [-0.2, 0) is 29.0 Å². The van der Waals surface area contributed by atoms with Crippen molar-refractivity contribution < 1.29 is 23.9 Å². The molecule has 0 aliphatic heterocycles. The Morgan fingerprint density at radius 1 is 0.941 bits per heavy atom. The fourth-order valence-corrected chi connectivity index (χ4v) is 3.59. The zero-order chi connectivity index (χ0) is 24.8. The molecule has 6 nitrogen and oxygen atoms in total. The van der Waals surface area contributed by atoms with Gasteiger partial charge >= 0.3 is 5.97 Å². The number of hydrogen-bond acceptors (Lipinski definition) is 4. The van der Waals surface area contributed by atoms with Crippen molar-refractivity contribution in [2.75, 3.05) is 5.32 Å². The summed E-state index contributed by atoms with van der Waals surface area (Å²) in [7, 11) is 0. The molecule has 1 amide bonds. The number of carbonyl (C=O) groups excluding carboxylic acids is 2. The highest BCUT2D eigenvalue weighted by atomic mass is 19.1. The van der Waals surface area contributed by atoms with Crippen LogP contribution in [0.15, 0.2) is 60.7 Å². The highest BCUT2D eigenvalue weighted by molar-refractivity contribution is 6.06. The smallest absolute Gasteiger partial charge is 0.307 e. The van der Waals surface area contributed by atoms with Crippen LogP contribution < -0.4 is 11.1 Å². The minimum absolute atomic E-state index is 0.0113. The third-order valence-corrected chi connectivity index (χ3v) is 5.41. The first-order valence-corrected chi connectivity index (χ1v) is 10.9. The maximum absolute atomic E-state index is 14.2. The Hall–Kier alpha value is -3.84. The summed E-state index contributed by atoms with van der Waals surface area (Å²) in [6.45, 7) is 3.77. The fraction of sp³-hybridized carbons (Fsp3) is 0.222. The third-order valence-electron chi connectivity index (χ3n) is 5.41. The molecule has 0 fully saturated rings. The van der Waals surface area contributed by atoms with Gasteiger partial charge in [0, 0.05) is 30.1 Å². The van der Waals surface area contributed by atoms with Crippen molar-refractivity contribution in [1.82, 2.24) is 0 Å². The SMILES string of the molecule is CC(C)C(=O)Cc1cc(C(=O)Nc2ccccc2CC(=O)O)cc(-c2cc(F)cc(CN)c2)c1. The first-order chi connectivity index (χ1) is 16.2. The van der Waals surface area contributed by atoms with Gasteiger partial charge in [0.2, 0.25) is 0 Å². The van der Waals surface area contributed by atoms with Gasteiger partial charge in [-0.05, 0) is 64.2 Å². The Labute approximate surface area is 197 Å². The molecule has 0 radical (unpaired) electrons. The van der Waals surface area contributed by atoms with Gasteiger partial charge in [-0.1, -0.05) is 38.1 Å². The average Bonchev–Trinajstić information content (AvgIpc) is 2.79. The molecule has 0 atom stereocenters.